The van der Waals surface area contributed by atoms with Crippen molar-refractivity contribution in [1.29, 1.82) is 0 Å². The van der Waals surface area contributed by atoms with Crippen LogP contribution in [0.2, 0.25) is 0 Å². The number of aryl methyl sites for hydroxylation is 1. The Labute approximate surface area is 152 Å². The molecule has 134 valence electrons. The van der Waals surface area contributed by atoms with E-state index < -0.39 is 0 Å². The van der Waals surface area contributed by atoms with Crippen molar-refractivity contribution in [2.45, 2.75) is 39.8 Å². The first-order valence-electron chi connectivity index (χ1n) is 9.49. The lowest BCUT2D eigenvalue weighted by Gasteiger charge is -2.23. The van der Waals surface area contributed by atoms with Gasteiger partial charge in [0.15, 0.2) is 0 Å². The van der Waals surface area contributed by atoms with Gasteiger partial charge in [-0.15, -0.1) is 0 Å². The van der Waals surface area contributed by atoms with Crippen LogP contribution < -0.4 is 10.1 Å². The first-order valence-corrected chi connectivity index (χ1v) is 9.49. The fourth-order valence-corrected chi connectivity index (χ4v) is 3.60. The second-order valence-corrected chi connectivity index (χ2v) is 6.80. The molecule has 3 heteroatoms. The van der Waals surface area contributed by atoms with E-state index in [1.165, 1.54) is 22.3 Å². The molecule has 0 bridgehead atoms. The molecule has 1 N–H and O–H groups in total. The smallest absolute Gasteiger partial charge is 0.124 e. The highest BCUT2D eigenvalue weighted by molar-refractivity contribution is 5.47. The summed E-state index contributed by atoms with van der Waals surface area (Å²) in [7, 11) is 0. The van der Waals surface area contributed by atoms with E-state index in [0.717, 1.165) is 38.3 Å². The molecule has 2 aromatic carbocycles. The Morgan fingerprint density at radius 2 is 1.88 bits per heavy atom. The van der Waals surface area contributed by atoms with Gasteiger partial charge in [-0.1, -0.05) is 55.8 Å². The van der Waals surface area contributed by atoms with E-state index >= 15 is 0 Å². The molecule has 0 aromatic heterocycles. The van der Waals surface area contributed by atoms with Crippen LogP contribution in [0.15, 0.2) is 42.5 Å². The van der Waals surface area contributed by atoms with Gasteiger partial charge in [-0.2, -0.15) is 0 Å². The summed E-state index contributed by atoms with van der Waals surface area (Å²) in [5.41, 5.74) is 5.15. The maximum absolute atomic E-state index is 6.09. The third kappa shape index (κ3) is 4.23. The van der Waals surface area contributed by atoms with Gasteiger partial charge >= 0.3 is 0 Å². The third-order valence-electron chi connectivity index (χ3n) is 5.12. The van der Waals surface area contributed by atoms with Gasteiger partial charge in [-0.05, 0) is 56.7 Å². The number of hydrogen-bond acceptors (Lipinski definition) is 3. The zero-order chi connectivity index (χ0) is 17.6. The van der Waals surface area contributed by atoms with Crippen molar-refractivity contribution in [3.8, 4) is 5.75 Å². The maximum Gasteiger partial charge on any atom is 0.124 e. The van der Waals surface area contributed by atoms with E-state index in [2.05, 4.69) is 73.5 Å². The SMILES string of the molecule is CCN(CC)CCCNC1c2ccccc2COc2ccc(C)cc21. The van der Waals surface area contributed by atoms with Crippen molar-refractivity contribution in [2.75, 3.05) is 26.2 Å². The summed E-state index contributed by atoms with van der Waals surface area (Å²) in [6, 6.07) is 15.3. The molecule has 1 atom stereocenters. The molecule has 0 amide bonds. The molecule has 1 heterocycles. The Bertz CT molecular complexity index is 694. The van der Waals surface area contributed by atoms with E-state index in [0.29, 0.717) is 6.61 Å². The summed E-state index contributed by atoms with van der Waals surface area (Å²) in [6.07, 6.45) is 1.16. The van der Waals surface area contributed by atoms with Crippen LogP contribution in [0.25, 0.3) is 0 Å². The zero-order valence-corrected chi connectivity index (χ0v) is 15.7. The van der Waals surface area contributed by atoms with Gasteiger partial charge in [0.1, 0.15) is 12.4 Å². The third-order valence-corrected chi connectivity index (χ3v) is 5.12. The largest absolute Gasteiger partial charge is 0.489 e. The molecular weight excluding hydrogens is 308 g/mol. The van der Waals surface area contributed by atoms with Gasteiger partial charge in [0.25, 0.3) is 0 Å². The molecule has 25 heavy (non-hydrogen) atoms. The van der Waals surface area contributed by atoms with Crippen LogP contribution in [0.4, 0.5) is 0 Å². The van der Waals surface area contributed by atoms with E-state index in [1.54, 1.807) is 0 Å². The molecule has 0 radical (unpaired) electrons. The maximum atomic E-state index is 6.09. The number of benzene rings is 2. The van der Waals surface area contributed by atoms with Crippen molar-refractivity contribution >= 4 is 0 Å². The van der Waals surface area contributed by atoms with Crippen LogP contribution >= 0.6 is 0 Å². The van der Waals surface area contributed by atoms with Gasteiger partial charge in [0.2, 0.25) is 0 Å². The average molecular weight is 338 g/mol. The molecule has 0 saturated heterocycles. The number of fused-ring (bicyclic) bond motifs is 2. The standard InChI is InChI=1S/C22H30N2O/c1-4-24(5-2)14-8-13-23-22-19-10-7-6-9-18(19)16-25-21-12-11-17(3)15-20(21)22/h6-7,9-12,15,22-23H,4-5,8,13-14,16H2,1-3H3. The predicted molar refractivity (Wildman–Crippen MR) is 104 cm³/mol. The van der Waals surface area contributed by atoms with E-state index in [1.807, 2.05) is 0 Å². The summed E-state index contributed by atoms with van der Waals surface area (Å²) < 4.78 is 6.09. The Hall–Kier alpha value is -1.84. The molecule has 3 nitrogen and oxygen atoms in total. The first-order chi connectivity index (χ1) is 12.2. The summed E-state index contributed by atoms with van der Waals surface area (Å²) in [5, 5.41) is 3.80. The summed E-state index contributed by atoms with van der Waals surface area (Å²) in [5.74, 6) is 1.00. The van der Waals surface area contributed by atoms with Crippen LogP contribution in [0.3, 0.4) is 0 Å². The van der Waals surface area contributed by atoms with Crippen LogP contribution in [0, 0.1) is 6.92 Å². The van der Waals surface area contributed by atoms with Gasteiger partial charge in [-0.3, -0.25) is 0 Å². The number of hydrogen-bond donors (Lipinski definition) is 1. The summed E-state index contributed by atoms with van der Waals surface area (Å²) in [4.78, 5) is 2.48. The van der Waals surface area contributed by atoms with Crippen LogP contribution in [0.5, 0.6) is 5.75 Å². The molecule has 0 spiro atoms. The summed E-state index contributed by atoms with van der Waals surface area (Å²) >= 11 is 0. The number of rotatable bonds is 7. The quantitative estimate of drug-likeness (QED) is 0.762. The molecule has 1 unspecified atom stereocenters. The fourth-order valence-electron chi connectivity index (χ4n) is 3.60. The summed E-state index contributed by atoms with van der Waals surface area (Å²) in [6.45, 7) is 11.6. The fraction of sp³-hybridized carbons (Fsp3) is 0.455. The number of ether oxygens (including phenoxy) is 1. The van der Waals surface area contributed by atoms with E-state index in [-0.39, 0.29) is 6.04 Å². The Balaban J connectivity index is 1.80. The van der Waals surface area contributed by atoms with Crippen LogP contribution in [-0.2, 0) is 6.61 Å². The Morgan fingerprint density at radius 1 is 1.08 bits per heavy atom. The highest BCUT2D eigenvalue weighted by Crippen LogP contribution is 2.36. The topological polar surface area (TPSA) is 24.5 Å². The zero-order valence-electron chi connectivity index (χ0n) is 15.7. The average Bonchev–Trinajstić information content (AvgIpc) is 2.79. The number of nitrogens with one attached hydrogen (secondary N) is 1. The Kier molecular flexibility index (Phi) is 6.11. The molecule has 3 rings (SSSR count). The van der Waals surface area contributed by atoms with Crippen molar-refractivity contribution < 1.29 is 4.74 Å². The van der Waals surface area contributed by atoms with Crippen molar-refractivity contribution in [3.05, 3.63) is 64.7 Å². The minimum atomic E-state index is 0.199. The molecule has 2 aromatic rings. The van der Waals surface area contributed by atoms with Gasteiger partial charge in [0.05, 0.1) is 6.04 Å². The molecule has 0 aliphatic carbocycles. The number of nitrogens with zero attached hydrogens (tertiary/aromatic N) is 1. The van der Waals surface area contributed by atoms with Gasteiger partial charge in [-0.25, -0.2) is 0 Å². The second kappa shape index (κ2) is 8.50. The molecule has 1 aliphatic rings. The lowest BCUT2D eigenvalue weighted by atomic mass is 9.94. The van der Waals surface area contributed by atoms with Crippen LogP contribution in [0.1, 0.15) is 48.6 Å². The van der Waals surface area contributed by atoms with Gasteiger partial charge in [0, 0.05) is 5.56 Å². The highest BCUT2D eigenvalue weighted by atomic mass is 16.5. The molecule has 0 fully saturated rings. The lowest BCUT2D eigenvalue weighted by molar-refractivity contribution is 0.296. The van der Waals surface area contributed by atoms with Crippen LogP contribution in [-0.4, -0.2) is 31.1 Å². The lowest BCUT2D eigenvalue weighted by Crippen LogP contribution is -2.29. The van der Waals surface area contributed by atoms with Gasteiger partial charge < -0.3 is 15.0 Å². The first kappa shape index (κ1) is 18.0. The molecule has 1 aliphatic heterocycles. The van der Waals surface area contributed by atoms with Crippen molar-refractivity contribution in [2.24, 2.45) is 0 Å². The minimum absolute atomic E-state index is 0.199. The monoisotopic (exact) mass is 338 g/mol. The normalized spacial score (nSPS) is 16.1. The van der Waals surface area contributed by atoms with E-state index in [9.17, 15) is 0 Å². The second-order valence-electron chi connectivity index (χ2n) is 6.80. The minimum Gasteiger partial charge on any atom is -0.489 e. The molecular formula is C22H30N2O. The predicted octanol–water partition coefficient (Wildman–Crippen LogP) is 4.30. The Morgan fingerprint density at radius 3 is 2.68 bits per heavy atom. The highest BCUT2D eigenvalue weighted by Gasteiger charge is 2.24. The van der Waals surface area contributed by atoms with E-state index in [4.69, 9.17) is 4.74 Å². The van der Waals surface area contributed by atoms with Crippen molar-refractivity contribution in [3.63, 3.8) is 0 Å². The van der Waals surface area contributed by atoms with Crippen molar-refractivity contribution in [1.82, 2.24) is 10.2 Å². The molecule has 0 saturated carbocycles.